The highest BCUT2D eigenvalue weighted by Crippen LogP contribution is 2.33. The van der Waals surface area contributed by atoms with Gasteiger partial charge in [0.25, 0.3) is 0 Å². The molecule has 0 unspecified atom stereocenters. The SMILES string of the molecule is C[C@H](CO)N1C[C@H](C)[C@@H](CN(C)Cc2ccc3c(c2)OCO3)Oc2ccc(NC(=O)CCC(F)(F)F)cc2CC1=O. The highest BCUT2D eigenvalue weighted by Gasteiger charge is 2.32. The smallest absolute Gasteiger partial charge is 0.389 e. The Hall–Kier alpha value is -3.51. The summed E-state index contributed by atoms with van der Waals surface area (Å²) in [4.78, 5) is 29.2. The van der Waals surface area contributed by atoms with E-state index in [1.807, 2.05) is 32.2 Å². The van der Waals surface area contributed by atoms with Gasteiger partial charge in [-0.05, 0) is 49.9 Å². The minimum Gasteiger partial charge on any atom is -0.488 e. The quantitative estimate of drug-likeness (QED) is 0.464. The molecule has 2 heterocycles. The molecule has 0 saturated carbocycles. The van der Waals surface area contributed by atoms with Crippen molar-refractivity contribution in [1.29, 1.82) is 0 Å². The van der Waals surface area contributed by atoms with E-state index >= 15 is 0 Å². The van der Waals surface area contributed by atoms with E-state index in [0.29, 0.717) is 42.4 Å². The number of hydrogen-bond donors (Lipinski definition) is 2. The molecular formula is C29H36F3N3O6. The zero-order valence-electron chi connectivity index (χ0n) is 23.4. The predicted octanol–water partition coefficient (Wildman–Crippen LogP) is 3.98. The van der Waals surface area contributed by atoms with Crippen LogP contribution in [0.15, 0.2) is 36.4 Å². The van der Waals surface area contributed by atoms with Crippen molar-refractivity contribution < 1.29 is 42.1 Å². The Morgan fingerprint density at radius 2 is 1.90 bits per heavy atom. The van der Waals surface area contributed by atoms with Gasteiger partial charge >= 0.3 is 6.18 Å². The standard InChI is InChI=1S/C29H36F3N3O6/c1-18-13-35(19(2)16-36)28(38)12-21-11-22(33-27(37)8-9-29(30,31)32)5-7-23(21)41-26(18)15-34(3)14-20-4-6-24-25(10-20)40-17-39-24/h4-7,10-11,18-19,26,36H,8-9,12-17H2,1-3H3,(H,33,37)/t18-,19+,26+/m0/s1. The molecule has 0 aliphatic carbocycles. The van der Waals surface area contributed by atoms with Crippen LogP contribution in [0.5, 0.6) is 17.2 Å². The van der Waals surface area contributed by atoms with Crippen LogP contribution in [0.2, 0.25) is 0 Å². The fraction of sp³-hybridized carbons (Fsp3) is 0.517. The van der Waals surface area contributed by atoms with Crippen LogP contribution >= 0.6 is 0 Å². The van der Waals surface area contributed by atoms with Gasteiger partial charge in [0.05, 0.1) is 25.5 Å². The second-order valence-corrected chi connectivity index (χ2v) is 10.8. The van der Waals surface area contributed by atoms with Crippen LogP contribution < -0.4 is 19.5 Å². The molecule has 2 aromatic carbocycles. The minimum atomic E-state index is -4.43. The lowest BCUT2D eigenvalue weighted by atomic mass is 10.0. The molecule has 0 saturated heterocycles. The van der Waals surface area contributed by atoms with Crippen molar-refractivity contribution in [3.8, 4) is 17.2 Å². The molecule has 12 heteroatoms. The monoisotopic (exact) mass is 579 g/mol. The van der Waals surface area contributed by atoms with Crippen LogP contribution in [0, 0.1) is 5.92 Å². The maximum absolute atomic E-state index is 13.4. The number of halogens is 3. The second-order valence-electron chi connectivity index (χ2n) is 10.8. The molecule has 41 heavy (non-hydrogen) atoms. The largest absolute Gasteiger partial charge is 0.488 e. The van der Waals surface area contributed by atoms with Gasteiger partial charge in [0.1, 0.15) is 11.9 Å². The Morgan fingerprint density at radius 1 is 1.17 bits per heavy atom. The van der Waals surface area contributed by atoms with Crippen molar-refractivity contribution >= 4 is 17.5 Å². The van der Waals surface area contributed by atoms with E-state index < -0.39 is 31.0 Å². The summed E-state index contributed by atoms with van der Waals surface area (Å²) < 4.78 is 55.0. The molecular weight excluding hydrogens is 543 g/mol. The van der Waals surface area contributed by atoms with Crippen molar-refractivity contribution in [2.45, 2.75) is 58.0 Å². The summed E-state index contributed by atoms with van der Waals surface area (Å²) in [5, 5.41) is 12.3. The molecule has 0 aromatic heterocycles. The number of anilines is 1. The van der Waals surface area contributed by atoms with Crippen molar-refractivity contribution in [3.63, 3.8) is 0 Å². The summed E-state index contributed by atoms with van der Waals surface area (Å²) in [5.41, 5.74) is 1.80. The van der Waals surface area contributed by atoms with Gasteiger partial charge in [-0.1, -0.05) is 13.0 Å². The Labute approximate surface area is 237 Å². The number of alkyl halides is 3. The number of carbonyl (C=O) groups excluding carboxylic acids is 2. The minimum absolute atomic E-state index is 0.0571. The molecule has 2 aliphatic rings. The summed E-state index contributed by atoms with van der Waals surface area (Å²) in [6.45, 7) is 5.22. The molecule has 9 nitrogen and oxygen atoms in total. The fourth-order valence-electron chi connectivity index (χ4n) is 4.93. The van der Waals surface area contributed by atoms with E-state index in [0.717, 1.165) is 5.56 Å². The second kappa shape index (κ2) is 13.0. The summed E-state index contributed by atoms with van der Waals surface area (Å²) in [5.74, 6) is 0.756. The van der Waals surface area contributed by atoms with Gasteiger partial charge in [-0.15, -0.1) is 0 Å². The summed E-state index contributed by atoms with van der Waals surface area (Å²) in [7, 11) is 1.97. The molecule has 0 spiro atoms. The maximum atomic E-state index is 13.4. The Balaban J connectivity index is 1.54. The maximum Gasteiger partial charge on any atom is 0.389 e. The van der Waals surface area contributed by atoms with Crippen LogP contribution in [0.4, 0.5) is 18.9 Å². The Bertz CT molecular complexity index is 1240. The number of ether oxygens (including phenoxy) is 3. The first-order valence-corrected chi connectivity index (χ1v) is 13.6. The van der Waals surface area contributed by atoms with Gasteiger partial charge in [0.2, 0.25) is 18.6 Å². The molecule has 0 fully saturated rings. The van der Waals surface area contributed by atoms with Gasteiger partial charge in [-0.25, -0.2) is 0 Å². The van der Waals surface area contributed by atoms with Gasteiger partial charge in [-0.3, -0.25) is 14.5 Å². The highest BCUT2D eigenvalue weighted by atomic mass is 19.4. The van der Waals surface area contributed by atoms with E-state index in [2.05, 4.69) is 10.2 Å². The third-order valence-electron chi connectivity index (χ3n) is 7.22. The molecule has 0 bridgehead atoms. The van der Waals surface area contributed by atoms with Crippen LogP contribution in [0.25, 0.3) is 0 Å². The number of amides is 2. The molecule has 224 valence electrons. The van der Waals surface area contributed by atoms with Crippen LogP contribution in [0.1, 0.15) is 37.8 Å². The number of fused-ring (bicyclic) bond motifs is 2. The molecule has 2 aliphatic heterocycles. The number of aliphatic hydroxyl groups is 1. The number of nitrogens with zero attached hydrogens (tertiary/aromatic N) is 2. The number of likely N-dealkylation sites (N-methyl/N-ethyl adjacent to an activating group) is 1. The summed E-state index contributed by atoms with van der Waals surface area (Å²) in [6, 6.07) is 10.1. The molecule has 3 atom stereocenters. The van der Waals surface area contributed by atoms with Gasteiger partial charge in [0.15, 0.2) is 11.5 Å². The third-order valence-corrected chi connectivity index (χ3v) is 7.22. The van der Waals surface area contributed by atoms with Crippen LogP contribution in [-0.4, -0.2) is 78.6 Å². The summed E-state index contributed by atoms with van der Waals surface area (Å²) >= 11 is 0. The lowest BCUT2D eigenvalue weighted by Gasteiger charge is -2.34. The lowest BCUT2D eigenvalue weighted by molar-refractivity contribution is -0.142. The third kappa shape index (κ3) is 8.26. The number of benzene rings is 2. The summed E-state index contributed by atoms with van der Waals surface area (Å²) in [6.07, 6.45) is -6.76. The molecule has 2 aromatic rings. The number of rotatable bonds is 9. The molecule has 2 N–H and O–H groups in total. The van der Waals surface area contributed by atoms with E-state index in [4.69, 9.17) is 14.2 Å². The van der Waals surface area contributed by atoms with Gasteiger partial charge in [-0.2, -0.15) is 13.2 Å². The van der Waals surface area contributed by atoms with Crippen LogP contribution in [-0.2, 0) is 22.6 Å². The number of aliphatic hydroxyl groups excluding tert-OH is 1. The van der Waals surface area contributed by atoms with Gasteiger partial charge in [0, 0.05) is 43.2 Å². The predicted molar refractivity (Wildman–Crippen MR) is 145 cm³/mol. The van der Waals surface area contributed by atoms with Crippen molar-refractivity contribution in [3.05, 3.63) is 47.5 Å². The average Bonchev–Trinajstić information content (AvgIpc) is 3.39. The molecule has 2 amide bonds. The average molecular weight is 580 g/mol. The first-order valence-electron chi connectivity index (χ1n) is 13.6. The van der Waals surface area contributed by atoms with E-state index in [9.17, 15) is 27.9 Å². The van der Waals surface area contributed by atoms with E-state index in [1.54, 1.807) is 30.0 Å². The van der Waals surface area contributed by atoms with Crippen LogP contribution in [0.3, 0.4) is 0 Å². The van der Waals surface area contributed by atoms with Crippen molar-refractivity contribution in [2.24, 2.45) is 5.92 Å². The zero-order valence-corrected chi connectivity index (χ0v) is 23.4. The first-order chi connectivity index (χ1) is 19.4. The number of hydrogen-bond acceptors (Lipinski definition) is 7. The highest BCUT2D eigenvalue weighted by molar-refractivity contribution is 5.91. The number of carbonyl (C=O) groups is 2. The Morgan fingerprint density at radius 3 is 2.63 bits per heavy atom. The van der Waals surface area contributed by atoms with E-state index in [1.165, 1.54) is 0 Å². The van der Waals surface area contributed by atoms with Crippen molar-refractivity contribution in [2.75, 3.05) is 38.9 Å². The number of nitrogens with one attached hydrogen (secondary N) is 1. The first kappa shape index (κ1) is 30.4. The topological polar surface area (TPSA) is 101 Å². The lowest BCUT2D eigenvalue weighted by Crippen LogP contribution is -2.47. The zero-order chi connectivity index (χ0) is 29.7. The molecule has 4 rings (SSSR count). The normalized spacial score (nSPS) is 19.6. The fourth-order valence-corrected chi connectivity index (χ4v) is 4.93. The van der Waals surface area contributed by atoms with Gasteiger partial charge < -0.3 is 29.5 Å². The van der Waals surface area contributed by atoms with Crippen molar-refractivity contribution in [1.82, 2.24) is 9.80 Å². The Kier molecular flexibility index (Phi) is 9.64. The van der Waals surface area contributed by atoms with E-state index in [-0.39, 0.29) is 43.4 Å². The molecule has 0 radical (unpaired) electrons.